The molecule has 1 heterocycles. The molecule has 1 aromatic carbocycles. The second kappa shape index (κ2) is 7.16. The molecule has 0 radical (unpaired) electrons. The molecule has 0 aromatic heterocycles. The molecule has 1 amide bonds. The maximum atomic E-state index is 10.5. The van der Waals surface area contributed by atoms with Crippen LogP contribution in [0.3, 0.4) is 0 Å². The van der Waals surface area contributed by atoms with Crippen molar-refractivity contribution in [1.82, 2.24) is 5.32 Å². The summed E-state index contributed by atoms with van der Waals surface area (Å²) in [5.41, 5.74) is 6.23. The highest BCUT2D eigenvalue weighted by Gasteiger charge is 2.21. The van der Waals surface area contributed by atoms with Crippen molar-refractivity contribution >= 4 is 22.8 Å². The van der Waals surface area contributed by atoms with Gasteiger partial charge in [-0.3, -0.25) is 9.79 Å². The van der Waals surface area contributed by atoms with E-state index in [0.717, 1.165) is 10.9 Å². The van der Waals surface area contributed by atoms with Crippen molar-refractivity contribution in [3.05, 3.63) is 35.9 Å². The van der Waals surface area contributed by atoms with Crippen LogP contribution in [0.5, 0.6) is 0 Å². The fraction of sp³-hybridized carbons (Fsp3) is 0.385. The lowest BCUT2D eigenvalue weighted by atomic mass is 10.1. The first-order valence-corrected chi connectivity index (χ1v) is 7.09. The van der Waals surface area contributed by atoms with Crippen LogP contribution >= 0.6 is 11.8 Å². The van der Waals surface area contributed by atoms with Crippen LogP contribution in [0.1, 0.15) is 11.6 Å². The Morgan fingerprint density at radius 1 is 1.47 bits per heavy atom. The lowest BCUT2D eigenvalue weighted by Gasteiger charge is -2.09. The minimum Gasteiger partial charge on any atom is -0.370 e. The molecule has 1 saturated heterocycles. The van der Waals surface area contributed by atoms with Crippen LogP contribution in [0.25, 0.3) is 0 Å². The molecule has 19 heavy (non-hydrogen) atoms. The van der Waals surface area contributed by atoms with E-state index in [9.17, 15) is 4.79 Å². The van der Waals surface area contributed by atoms with Gasteiger partial charge in [0, 0.05) is 5.75 Å². The molecule has 102 valence electrons. The predicted molar refractivity (Wildman–Crippen MR) is 77.1 cm³/mol. The maximum absolute atomic E-state index is 10.5. The van der Waals surface area contributed by atoms with Crippen molar-refractivity contribution in [2.45, 2.75) is 6.04 Å². The minimum absolute atomic E-state index is 0.0436. The van der Waals surface area contributed by atoms with Crippen LogP contribution in [-0.4, -0.2) is 36.6 Å². The Bertz CT molecular complexity index is 450. The highest BCUT2D eigenvalue weighted by atomic mass is 32.2. The normalized spacial score (nSPS) is 20.4. The van der Waals surface area contributed by atoms with Crippen molar-refractivity contribution < 1.29 is 9.53 Å². The van der Waals surface area contributed by atoms with Gasteiger partial charge in [-0.15, -0.1) is 0 Å². The largest absolute Gasteiger partial charge is 0.370 e. The fourth-order valence-electron chi connectivity index (χ4n) is 1.74. The Labute approximate surface area is 116 Å². The highest BCUT2D eigenvalue weighted by molar-refractivity contribution is 8.14. The molecule has 1 atom stereocenters. The topological polar surface area (TPSA) is 76.7 Å². The van der Waals surface area contributed by atoms with E-state index in [-0.39, 0.29) is 6.61 Å². The monoisotopic (exact) mass is 279 g/mol. The van der Waals surface area contributed by atoms with Gasteiger partial charge in [-0.25, -0.2) is 0 Å². The number of amides is 1. The molecule has 1 aliphatic heterocycles. The van der Waals surface area contributed by atoms with Gasteiger partial charge >= 0.3 is 0 Å². The Morgan fingerprint density at radius 2 is 2.26 bits per heavy atom. The number of ether oxygens (including phenoxy) is 1. The zero-order chi connectivity index (χ0) is 13.5. The average molecular weight is 279 g/mol. The number of benzene rings is 1. The van der Waals surface area contributed by atoms with Gasteiger partial charge in [0.1, 0.15) is 6.61 Å². The summed E-state index contributed by atoms with van der Waals surface area (Å²) in [7, 11) is 0. The van der Waals surface area contributed by atoms with Gasteiger partial charge in [0.05, 0.1) is 19.2 Å². The van der Waals surface area contributed by atoms with E-state index < -0.39 is 5.91 Å². The van der Waals surface area contributed by atoms with Gasteiger partial charge < -0.3 is 15.8 Å². The summed E-state index contributed by atoms with van der Waals surface area (Å²) in [6.07, 6.45) is 0. The van der Waals surface area contributed by atoms with E-state index in [0.29, 0.717) is 19.2 Å². The smallest absolute Gasteiger partial charge is 0.243 e. The quantitative estimate of drug-likeness (QED) is 0.759. The molecule has 0 saturated carbocycles. The molecular formula is C13H17N3O2S. The number of rotatable bonds is 6. The Hall–Kier alpha value is -1.53. The summed E-state index contributed by atoms with van der Waals surface area (Å²) in [5, 5.41) is 4.30. The molecule has 5 nitrogen and oxygen atoms in total. The number of hydrogen-bond acceptors (Lipinski definition) is 4. The molecule has 1 aliphatic rings. The van der Waals surface area contributed by atoms with Gasteiger partial charge in [0.15, 0.2) is 5.17 Å². The van der Waals surface area contributed by atoms with E-state index in [1.165, 1.54) is 5.56 Å². The number of carbonyl (C=O) groups is 1. The van der Waals surface area contributed by atoms with Crippen molar-refractivity contribution in [2.24, 2.45) is 10.7 Å². The van der Waals surface area contributed by atoms with Crippen molar-refractivity contribution in [3.63, 3.8) is 0 Å². The van der Waals surface area contributed by atoms with E-state index in [2.05, 4.69) is 22.4 Å². The van der Waals surface area contributed by atoms with Crippen molar-refractivity contribution in [3.8, 4) is 0 Å². The van der Waals surface area contributed by atoms with Crippen molar-refractivity contribution in [2.75, 3.05) is 25.5 Å². The van der Waals surface area contributed by atoms with Crippen LogP contribution in [0.4, 0.5) is 0 Å². The molecule has 0 spiro atoms. The van der Waals surface area contributed by atoms with Gasteiger partial charge in [0.2, 0.25) is 5.91 Å². The molecule has 1 aromatic rings. The standard InChI is InChI=1S/C13H17N3O2S/c14-12(17)8-18-7-6-15-13-16-11(9-19-13)10-4-2-1-3-5-10/h1-5,11H,6-9H2,(H2,14,17)(H,15,16). The molecular weight excluding hydrogens is 262 g/mol. The fourth-order valence-corrected chi connectivity index (χ4v) is 2.74. The van der Waals surface area contributed by atoms with E-state index >= 15 is 0 Å². The van der Waals surface area contributed by atoms with E-state index in [1.807, 2.05) is 18.2 Å². The average Bonchev–Trinajstić information content (AvgIpc) is 2.88. The van der Waals surface area contributed by atoms with Crippen LogP contribution in [0, 0.1) is 0 Å². The molecule has 3 N–H and O–H groups in total. The van der Waals surface area contributed by atoms with Crippen molar-refractivity contribution in [1.29, 1.82) is 0 Å². The number of carbonyl (C=O) groups excluding carboxylic acids is 1. The zero-order valence-electron chi connectivity index (χ0n) is 10.5. The van der Waals surface area contributed by atoms with Crippen LogP contribution < -0.4 is 11.1 Å². The first-order valence-electron chi connectivity index (χ1n) is 6.10. The molecule has 6 heteroatoms. The lowest BCUT2D eigenvalue weighted by molar-refractivity contribution is -0.122. The molecule has 0 aliphatic carbocycles. The molecule has 1 unspecified atom stereocenters. The van der Waals surface area contributed by atoms with Gasteiger partial charge in [-0.2, -0.15) is 0 Å². The zero-order valence-corrected chi connectivity index (χ0v) is 11.4. The first kappa shape index (κ1) is 13.9. The number of thioether (sulfide) groups is 1. The Morgan fingerprint density at radius 3 is 3.00 bits per heavy atom. The number of amidine groups is 1. The lowest BCUT2D eigenvalue weighted by Crippen LogP contribution is -2.21. The van der Waals surface area contributed by atoms with Gasteiger partial charge in [0.25, 0.3) is 0 Å². The third-order valence-electron chi connectivity index (χ3n) is 2.62. The number of primary amides is 1. The number of nitrogens with two attached hydrogens (primary N) is 1. The predicted octanol–water partition coefficient (Wildman–Crippen LogP) is 0.922. The summed E-state index contributed by atoms with van der Waals surface area (Å²) in [4.78, 5) is 14.9. The third-order valence-corrected chi connectivity index (χ3v) is 3.64. The Balaban J connectivity index is 1.74. The van der Waals surface area contributed by atoms with E-state index in [4.69, 9.17) is 10.5 Å². The van der Waals surface area contributed by atoms with Crippen LogP contribution in [-0.2, 0) is 9.53 Å². The summed E-state index contributed by atoms with van der Waals surface area (Å²) in [6, 6.07) is 10.6. The summed E-state index contributed by atoms with van der Waals surface area (Å²) in [6.45, 7) is 0.896. The van der Waals surface area contributed by atoms with Crippen LogP contribution in [0.2, 0.25) is 0 Å². The number of hydrogen-bond donors (Lipinski definition) is 2. The third kappa shape index (κ3) is 4.57. The minimum atomic E-state index is -0.454. The summed E-state index contributed by atoms with van der Waals surface area (Å²) >= 11 is 1.70. The second-order valence-electron chi connectivity index (χ2n) is 4.12. The van der Waals surface area contributed by atoms with Gasteiger partial charge in [-0.1, -0.05) is 42.1 Å². The molecule has 2 rings (SSSR count). The number of nitrogens with one attached hydrogen (secondary N) is 1. The Kier molecular flexibility index (Phi) is 5.23. The second-order valence-corrected chi connectivity index (χ2v) is 5.13. The maximum Gasteiger partial charge on any atom is 0.243 e. The SMILES string of the molecule is NC(=O)COCCN=C1NC(c2ccccc2)CS1. The number of nitrogens with zero attached hydrogens (tertiary/aromatic N) is 1. The first-order chi connectivity index (χ1) is 9.25. The molecule has 1 fully saturated rings. The molecule has 0 bridgehead atoms. The van der Waals surface area contributed by atoms with Crippen LogP contribution in [0.15, 0.2) is 35.3 Å². The summed E-state index contributed by atoms with van der Waals surface area (Å²) in [5.74, 6) is 0.524. The number of aliphatic imine (C=N–C) groups is 1. The highest BCUT2D eigenvalue weighted by Crippen LogP contribution is 2.25. The summed E-state index contributed by atoms with van der Waals surface area (Å²) < 4.78 is 5.05. The van der Waals surface area contributed by atoms with E-state index in [1.54, 1.807) is 11.8 Å². The van der Waals surface area contributed by atoms with Gasteiger partial charge in [-0.05, 0) is 5.56 Å².